The molecule has 0 spiro atoms. The van der Waals surface area contributed by atoms with Crippen molar-refractivity contribution < 1.29 is 0 Å². The predicted octanol–water partition coefficient (Wildman–Crippen LogP) is 2.00. The highest BCUT2D eigenvalue weighted by Crippen LogP contribution is 2.17. The highest BCUT2D eigenvalue weighted by atomic mass is 32.2. The van der Waals surface area contributed by atoms with Crippen molar-refractivity contribution >= 4 is 11.8 Å². The third-order valence-electron chi connectivity index (χ3n) is 2.46. The molecule has 0 unspecified atom stereocenters. The SMILES string of the molecule is c1c[nH]c(CNC2CCSCC2)c1. The molecular weight excluding hydrogens is 180 g/mol. The van der Waals surface area contributed by atoms with Crippen molar-refractivity contribution in [1.82, 2.24) is 10.3 Å². The fraction of sp³-hybridized carbons (Fsp3) is 0.600. The van der Waals surface area contributed by atoms with Crippen LogP contribution in [0.4, 0.5) is 0 Å². The van der Waals surface area contributed by atoms with E-state index >= 15 is 0 Å². The molecule has 0 aromatic carbocycles. The van der Waals surface area contributed by atoms with Crippen LogP contribution in [-0.4, -0.2) is 22.5 Å². The van der Waals surface area contributed by atoms with Crippen LogP contribution in [0.1, 0.15) is 18.5 Å². The van der Waals surface area contributed by atoms with Gasteiger partial charge in [0.1, 0.15) is 0 Å². The molecule has 0 amide bonds. The van der Waals surface area contributed by atoms with Crippen LogP contribution in [-0.2, 0) is 6.54 Å². The van der Waals surface area contributed by atoms with Crippen LogP contribution in [0.15, 0.2) is 18.3 Å². The van der Waals surface area contributed by atoms with Gasteiger partial charge in [0.05, 0.1) is 0 Å². The molecule has 0 aliphatic carbocycles. The average Bonchev–Trinajstić information content (AvgIpc) is 2.69. The number of aromatic nitrogens is 1. The van der Waals surface area contributed by atoms with Gasteiger partial charge < -0.3 is 10.3 Å². The van der Waals surface area contributed by atoms with Gasteiger partial charge in [0.15, 0.2) is 0 Å². The molecule has 1 saturated heterocycles. The summed E-state index contributed by atoms with van der Waals surface area (Å²) in [7, 11) is 0. The Morgan fingerprint density at radius 1 is 1.46 bits per heavy atom. The van der Waals surface area contributed by atoms with E-state index < -0.39 is 0 Å². The van der Waals surface area contributed by atoms with Gasteiger partial charge in [-0.2, -0.15) is 11.8 Å². The maximum Gasteiger partial charge on any atom is 0.0359 e. The maximum absolute atomic E-state index is 3.58. The van der Waals surface area contributed by atoms with Crippen molar-refractivity contribution in [2.75, 3.05) is 11.5 Å². The second-order valence-electron chi connectivity index (χ2n) is 3.46. The lowest BCUT2D eigenvalue weighted by molar-refractivity contribution is 0.479. The molecule has 2 heterocycles. The minimum Gasteiger partial charge on any atom is -0.364 e. The fourth-order valence-electron chi connectivity index (χ4n) is 1.63. The molecule has 0 radical (unpaired) electrons. The van der Waals surface area contributed by atoms with E-state index in [0.29, 0.717) is 0 Å². The van der Waals surface area contributed by atoms with E-state index in [9.17, 15) is 0 Å². The average molecular weight is 196 g/mol. The lowest BCUT2D eigenvalue weighted by atomic mass is 10.1. The Kier molecular flexibility index (Phi) is 3.33. The van der Waals surface area contributed by atoms with Crippen LogP contribution < -0.4 is 5.32 Å². The smallest absolute Gasteiger partial charge is 0.0359 e. The first-order valence-electron chi connectivity index (χ1n) is 4.88. The monoisotopic (exact) mass is 196 g/mol. The summed E-state index contributed by atoms with van der Waals surface area (Å²) in [5.74, 6) is 2.64. The standard InChI is InChI=1S/C10H16N2S/c1-2-10(11-5-1)8-12-9-3-6-13-7-4-9/h1-2,5,9,11-12H,3-4,6-8H2. The Morgan fingerprint density at radius 3 is 3.00 bits per heavy atom. The molecule has 2 nitrogen and oxygen atoms in total. The van der Waals surface area contributed by atoms with E-state index in [0.717, 1.165) is 12.6 Å². The van der Waals surface area contributed by atoms with E-state index in [1.165, 1.54) is 30.0 Å². The third kappa shape index (κ3) is 2.78. The van der Waals surface area contributed by atoms with Gasteiger partial charge in [0.25, 0.3) is 0 Å². The summed E-state index contributed by atoms with van der Waals surface area (Å²) in [5, 5.41) is 3.58. The summed E-state index contributed by atoms with van der Waals surface area (Å²) >= 11 is 2.07. The Hall–Kier alpha value is -0.410. The maximum atomic E-state index is 3.58. The van der Waals surface area contributed by atoms with Crippen LogP contribution in [0.3, 0.4) is 0 Å². The van der Waals surface area contributed by atoms with Gasteiger partial charge in [-0.1, -0.05) is 0 Å². The highest BCUT2D eigenvalue weighted by Gasteiger charge is 2.12. The van der Waals surface area contributed by atoms with E-state index in [2.05, 4.69) is 28.1 Å². The van der Waals surface area contributed by atoms with E-state index in [4.69, 9.17) is 0 Å². The number of hydrogen-bond acceptors (Lipinski definition) is 2. The van der Waals surface area contributed by atoms with Crippen molar-refractivity contribution in [1.29, 1.82) is 0 Å². The lowest BCUT2D eigenvalue weighted by Gasteiger charge is -2.22. The van der Waals surface area contributed by atoms with Crippen molar-refractivity contribution in [3.05, 3.63) is 24.0 Å². The molecule has 0 atom stereocenters. The Morgan fingerprint density at radius 2 is 2.31 bits per heavy atom. The fourth-order valence-corrected chi connectivity index (χ4v) is 2.74. The Labute approximate surface area is 83.5 Å². The Balaban J connectivity index is 1.72. The molecule has 0 bridgehead atoms. The molecular formula is C10H16N2S. The normalized spacial score (nSPS) is 19.1. The molecule has 1 fully saturated rings. The lowest BCUT2D eigenvalue weighted by Crippen LogP contribution is -2.32. The first kappa shape index (κ1) is 9.16. The molecule has 2 rings (SSSR count). The number of rotatable bonds is 3. The summed E-state index contributed by atoms with van der Waals surface area (Å²) < 4.78 is 0. The van der Waals surface area contributed by atoms with E-state index in [-0.39, 0.29) is 0 Å². The van der Waals surface area contributed by atoms with Crippen LogP contribution >= 0.6 is 11.8 Å². The first-order valence-corrected chi connectivity index (χ1v) is 6.04. The van der Waals surface area contributed by atoms with Gasteiger partial charge in [-0.05, 0) is 36.5 Å². The summed E-state index contributed by atoms with van der Waals surface area (Å²) in [6.45, 7) is 0.988. The second kappa shape index (κ2) is 4.72. The van der Waals surface area contributed by atoms with Crippen molar-refractivity contribution in [3.63, 3.8) is 0 Å². The van der Waals surface area contributed by atoms with Gasteiger partial charge in [-0.25, -0.2) is 0 Å². The van der Waals surface area contributed by atoms with Crippen LogP contribution in [0.5, 0.6) is 0 Å². The molecule has 3 heteroatoms. The highest BCUT2D eigenvalue weighted by molar-refractivity contribution is 7.99. The molecule has 0 saturated carbocycles. The first-order chi connectivity index (χ1) is 6.45. The zero-order chi connectivity index (χ0) is 8.93. The van der Waals surface area contributed by atoms with E-state index in [1.807, 2.05) is 12.3 Å². The van der Waals surface area contributed by atoms with E-state index in [1.54, 1.807) is 0 Å². The third-order valence-corrected chi connectivity index (χ3v) is 3.51. The van der Waals surface area contributed by atoms with Gasteiger partial charge in [0, 0.05) is 24.5 Å². The molecule has 1 aliphatic rings. The molecule has 1 aliphatic heterocycles. The number of H-pyrrole nitrogens is 1. The number of thioether (sulfide) groups is 1. The quantitative estimate of drug-likeness (QED) is 0.774. The minimum absolute atomic E-state index is 0.740. The van der Waals surface area contributed by atoms with Crippen LogP contribution in [0.25, 0.3) is 0 Å². The zero-order valence-corrected chi connectivity index (χ0v) is 8.57. The zero-order valence-electron chi connectivity index (χ0n) is 7.75. The molecule has 2 N–H and O–H groups in total. The number of aromatic amines is 1. The molecule has 1 aromatic rings. The van der Waals surface area contributed by atoms with Crippen molar-refractivity contribution in [2.45, 2.75) is 25.4 Å². The van der Waals surface area contributed by atoms with Gasteiger partial charge in [-0.3, -0.25) is 0 Å². The summed E-state index contributed by atoms with van der Waals surface area (Å²) in [5.41, 5.74) is 1.29. The van der Waals surface area contributed by atoms with Crippen LogP contribution in [0.2, 0.25) is 0 Å². The minimum atomic E-state index is 0.740. The van der Waals surface area contributed by atoms with Gasteiger partial charge in [0.2, 0.25) is 0 Å². The van der Waals surface area contributed by atoms with Crippen molar-refractivity contribution in [3.8, 4) is 0 Å². The largest absolute Gasteiger partial charge is 0.364 e. The number of hydrogen-bond donors (Lipinski definition) is 2. The predicted molar refractivity (Wildman–Crippen MR) is 58.0 cm³/mol. The second-order valence-corrected chi connectivity index (χ2v) is 4.69. The van der Waals surface area contributed by atoms with Crippen molar-refractivity contribution in [2.24, 2.45) is 0 Å². The molecule has 13 heavy (non-hydrogen) atoms. The van der Waals surface area contributed by atoms with Gasteiger partial charge >= 0.3 is 0 Å². The van der Waals surface area contributed by atoms with Crippen LogP contribution in [0, 0.1) is 0 Å². The summed E-state index contributed by atoms with van der Waals surface area (Å²) in [6.07, 6.45) is 4.63. The summed E-state index contributed by atoms with van der Waals surface area (Å²) in [6, 6.07) is 4.92. The number of nitrogens with one attached hydrogen (secondary N) is 2. The molecule has 72 valence electrons. The Bertz CT molecular complexity index is 227. The summed E-state index contributed by atoms with van der Waals surface area (Å²) in [4.78, 5) is 3.21. The van der Waals surface area contributed by atoms with Gasteiger partial charge in [-0.15, -0.1) is 0 Å². The topological polar surface area (TPSA) is 27.8 Å². The molecule has 1 aromatic heterocycles.